The van der Waals surface area contributed by atoms with Crippen molar-refractivity contribution in [3.63, 3.8) is 0 Å². The van der Waals surface area contributed by atoms with Gasteiger partial charge in [0.2, 0.25) is 0 Å². The Morgan fingerprint density at radius 2 is 2.00 bits per heavy atom. The number of carbonyl (C=O) groups excluding carboxylic acids is 1. The number of hydrogen-bond acceptors (Lipinski definition) is 1. The van der Waals surface area contributed by atoms with Gasteiger partial charge in [-0.2, -0.15) is 13.2 Å². The zero-order valence-corrected chi connectivity index (χ0v) is 8.82. The molecule has 7 heteroatoms. The largest absolute Gasteiger partial charge is 0.418 e. The first-order valence-corrected chi connectivity index (χ1v) is 4.53. The molecule has 0 spiro atoms. The summed E-state index contributed by atoms with van der Waals surface area (Å²) in [4.78, 5) is 10.5. The molecule has 0 fully saturated rings. The topological polar surface area (TPSA) is 55.1 Å². The molecular formula is C8H6BrF3N2O. The van der Waals surface area contributed by atoms with Crippen molar-refractivity contribution in [2.24, 2.45) is 5.73 Å². The number of rotatable bonds is 1. The fourth-order valence-corrected chi connectivity index (χ4v) is 1.36. The molecule has 2 amide bonds. The van der Waals surface area contributed by atoms with Gasteiger partial charge in [-0.1, -0.05) is 15.9 Å². The van der Waals surface area contributed by atoms with Crippen LogP contribution in [0.25, 0.3) is 0 Å². The summed E-state index contributed by atoms with van der Waals surface area (Å²) in [5, 5.41) is 1.91. The molecule has 82 valence electrons. The van der Waals surface area contributed by atoms with Gasteiger partial charge in [-0.25, -0.2) is 4.79 Å². The zero-order valence-electron chi connectivity index (χ0n) is 7.23. The van der Waals surface area contributed by atoms with E-state index in [0.717, 1.165) is 12.1 Å². The molecule has 0 unspecified atom stereocenters. The lowest BCUT2D eigenvalue weighted by molar-refractivity contribution is -0.136. The van der Waals surface area contributed by atoms with Crippen LogP contribution in [0.1, 0.15) is 5.56 Å². The third kappa shape index (κ3) is 3.12. The number of hydrogen-bond donors (Lipinski definition) is 2. The van der Waals surface area contributed by atoms with E-state index in [1.165, 1.54) is 6.07 Å². The van der Waals surface area contributed by atoms with Gasteiger partial charge in [0.1, 0.15) is 0 Å². The molecule has 1 aromatic rings. The summed E-state index contributed by atoms with van der Waals surface area (Å²) >= 11 is 2.99. The molecule has 0 aliphatic heterocycles. The van der Waals surface area contributed by atoms with E-state index >= 15 is 0 Å². The Morgan fingerprint density at radius 1 is 1.40 bits per heavy atom. The van der Waals surface area contributed by atoms with Crippen molar-refractivity contribution in [2.75, 3.05) is 5.32 Å². The summed E-state index contributed by atoms with van der Waals surface area (Å²) in [6, 6.07) is 2.18. The van der Waals surface area contributed by atoms with Crippen LogP contribution in [0.2, 0.25) is 0 Å². The lowest BCUT2D eigenvalue weighted by Gasteiger charge is -2.12. The molecule has 15 heavy (non-hydrogen) atoms. The number of carbonyl (C=O) groups is 1. The highest BCUT2D eigenvalue weighted by Crippen LogP contribution is 2.36. The average Bonchev–Trinajstić information content (AvgIpc) is 1.99. The van der Waals surface area contributed by atoms with Crippen LogP contribution in [0, 0.1) is 0 Å². The summed E-state index contributed by atoms with van der Waals surface area (Å²) in [5.74, 6) is 0. The van der Waals surface area contributed by atoms with Gasteiger partial charge in [0.05, 0.1) is 11.3 Å². The lowest BCUT2D eigenvalue weighted by Crippen LogP contribution is -2.21. The fourth-order valence-electron chi connectivity index (χ4n) is 1.000. The Morgan fingerprint density at radius 3 is 2.47 bits per heavy atom. The molecule has 0 aromatic heterocycles. The number of halogens is 4. The van der Waals surface area contributed by atoms with Gasteiger partial charge in [0, 0.05) is 4.47 Å². The summed E-state index contributed by atoms with van der Waals surface area (Å²) in [7, 11) is 0. The summed E-state index contributed by atoms with van der Waals surface area (Å²) in [6.07, 6.45) is -4.53. The van der Waals surface area contributed by atoms with Gasteiger partial charge in [-0.3, -0.25) is 0 Å². The Hall–Kier alpha value is -1.24. The number of primary amides is 1. The molecule has 3 nitrogen and oxygen atoms in total. The van der Waals surface area contributed by atoms with Crippen molar-refractivity contribution >= 4 is 27.6 Å². The predicted molar refractivity (Wildman–Crippen MR) is 52.4 cm³/mol. The first-order valence-electron chi connectivity index (χ1n) is 3.74. The molecule has 0 saturated carbocycles. The minimum Gasteiger partial charge on any atom is -0.351 e. The van der Waals surface area contributed by atoms with Crippen LogP contribution in [-0.2, 0) is 6.18 Å². The number of urea groups is 1. The summed E-state index contributed by atoms with van der Waals surface area (Å²) in [5.41, 5.74) is 3.44. The Balaban J connectivity index is 3.20. The highest BCUT2D eigenvalue weighted by atomic mass is 79.9. The average molecular weight is 283 g/mol. The molecule has 1 aromatic carbocycles. The Kier molecular flexibility index (Phi) is 3.23. The smallest absolute Gasteiger partial charge is 0.351 e. The normalized spacial score (nSPS) is 11.2. The van der Waals surface area contributed by atoms with E-state index in [-0.39, 0.29) is 5.69 Å². The van der Waals surface area contributed by atoms with E-state index in [4.69, 9.17) is 5.73 Å². The van der Waals surface area contributed by atoms with Crippen LogP contribution < -0.4 is 11.1 Å². The third-order valence-corrected chi connectivity index (χ3v) is 2.04. The zero-order chi connectivity index (χ0) is 11.6. The van der Waals surface area contributed by atoms with Crippen LogP contribution in [0.15, 0.2) is 22.7 Å². The molecule has 0 saturated heterocycles. The molecule has 1 rings (SSSR count). The maximum atomic E-state index is 12.4. The molecular weight excluding hydrogens is 277 g/mol. The summed E-state index contributed by atoms with van der Waals surface area (Å²) < 4.78 is 37.7. The van der Waals surface area contributed by atoms with E-state index in [9.17, 15) is 18.0 Å². The second-order valence-electron chi connectivity index (χ2n) is 2.68. The van der Waals surface area contributed by atoms with Crippen molar-refractivity contribution in [3.8, 4) is 0 Å². The van der Waals surface area contributed by atoms with Crippen molar-refractivity contribution in [1.82, 2.24) is 0 Å². The molecule has 0 bridgehead atoms. The summed E-state index contributed by atoms with van der Waals surface area (Å²) in [6.45, 7) is 0. The SMILES string of the molecule is NC(=O)Nc1cc(Br)ccc1C(F)(F)F. The number of nitrogens with one attached hydrogen (secondary N) is 1. The Bertz CT molecular complexity index is 392. The van der Waals surface area contributed by atoms with Crippen molar-refractivity contribution in [1.29, 1.82) is 0 Å². The molecule has 3 N–H and O–H groups in total. The molecule has 0 radical (unpaired) electrons. The monoisotopic (exact) mass is 282 g/mol. The van der Waals surface area contributed by atoms with Gasteiger partial charge < -0.3 is 11.1 Å². The van der Waals surface area contributed by atoms with Crippen LogP contribution in [0.4, 0.5) is 23.7 Å². The first kappa shape index (κ1) is 11.8. The number of anilines is 1. The highest BCUT2D eigenvalue weighted by Gasteiger charge is 2.33. The first-order chi connectivity index (χ1) is 6.80. The maximum Gasteiger partial charge on any atom is 0.418 e. The standard InChI is InChI=1S/C8H6BrF3N2O/c9-4-1-2-5(8(10,11)12)6(3-4)14-7(13)15/h1-3H,(H3,13,14,15). The quantitative estimate of drug-likeness (QED) is 0.818. The number of nitrogens with two attached hydrogens (primary N) is 1. The molecule has 0 heterocycles. The van der Waals surface area contributed by atoms with E-state index in [2.05, 4.69) is 15.9 Å². The number of alkyl halides is 3. The van der Waals surface area contributed by atoms with Gasteiger partial charge >= 0.3 is 12.2 Å². The van der Waals surface area contributed by atoms with Crippen molar-refractivity contribution in [2.45, 2.75) is 6.18 Å². The Labute approximate surface area is 91.6 Å². The van der Waals surface area contributed by atoms with E-state index < -0.39 is 17.8 Å². The van der Waals surface area contributed by atoms with Gasteiger partial charge in [-0.15, -0.1) is 0 Å². The maximum absolute atomic E-state index is 12.4. The number of amides is 2. The fraction of sp³-hybridized carbons (Fsp3) is 0.125. The van der Waals surface area contributed by atoms with Crippen LogP contribution in [0.5, 0.6) is 0 Å². The van der Waals surface area contributed by atoms with Gasteiger partial charge in [-0.05, 0) is 18.2 Å². The number of benzene rings is 1. The minimum atomic E-state index is -4.53. The highest BCUT2D eigenvalue weighted by molar-refractivity contribution is 9.10. The second-order valence-corrected chi connectivity index (χ2v) is 3.59. The minimum absolute atomic E-state index is 0.371. The van der Waals surface area contributed by atoms with Crippen molar-refractivity contribution < 1.29 is 18.0 Å². The van der Waals surface area contributed by atoms with Gasteiger partial charge in [0.15, 0.2) is 0 Å². The van der Waals surface area contributed by atoms with Gasteiger partial charge in [0.25, 0.3) is 0 Å². The van der Waals surface area contributed by atoms with Crippen LogP contribution in [0.3, 0.4) is 0 Å². The van der Waals surface area contributed by atoms with E-state index in [1.54, 1.807) is 0 Å². The molecule has 0 aliphatic rings. The predicted octanol–water partition coefficient (Wildman–Crippen LogP) is 2.96. The van der Waals surface area contributed by atoms with E-state index in [0.29, 0.717) is 4.47 Å². The molecule has 0 aliphatic carbocycles. The van der Waals surface area contributed by atoms with Crippen LogP contribution >= 0.6 is 15.9 Å². The third-order valence-electron chi connectivity index (χ3n) is 1.54. The second kappa shape index (κ2) is 4.09. The van der Waals surface area contributed by atoms with E-state index in [1.807, 2.05) is 5.32 Å². The lowest BCUT2D eigenvalue weighted by atomic mass is 10.1. The van der Waals surface area contributed by atoms with Crippen LogP contribution in [-0.4, -0.2) is 6.03 Å². The van der Waals surface area contributed by atoms with Crippen molar-refractivity contribution in [3.05, 3.63) is 28.2 Å². The molecule has 0 atom stereocenters.